The average molecular weight is 483 g/mol. The van der Waals surface area contributed by atoms with Gasteiger partial charge in [-0.3, -0.25) is 9.36 Å². The van der Waals surface area contributed by atoms with E-state index in [0.29, 0.717) is 5.39 Å². The molecule has 6 rings (SSSR count). The van der Waals surface area contributed by atoms with Gasteiger partial charge in [-0.1, -0.05) is 54.6 Å². The first-order valence-corrected chi connectivity index (χ1v) is 12.3. The maximum Gasteiger partial charge on any atom is 0.286 e. The Kier molecular flexibility index (Phi) is 4.68. The Balaban J connectivity index is 1.61. The van der Waals surface area contributed by atoms with Crippen molar-refractivity contribution in [2.75, 3.05) is 5.32 Å². The van der Waals surface area contributed by atoms with Gasteiger partial charge in [-0.15, -0.1) is 4.40 Å². The summed E-state index contributed by atoms with van der Waals surface area (Å²) in [5, 5.41) is 16.3. The van der Waals surface area contributed by atoms with Gasteiger partial charge < -0.3 is 10.4 Å². The Labute approximate surface area is 199 Å². The molecule has 0 amide bonds. The van der Waals surface area contributed by atoms with E-state index in [1.54, 1.807) is 30.3 Å². The fourth-order valence-corrected chi connectivity index (χ4v) is 5.57. The molecule has 35 heavy (non-hydrogen) atoms. The molecule has 1 aliphatic heterocycles. The van der Waals surface area contributed by atoms with Gasteiger partial charge in [-0.05, 0) is 40.6 Å². The summed E-state index contributed by atoms with van der Waals surface area (Å²) in [4.78, 5) is 18.2. The van der Waals surface area contributed by atoms with Crippen molar-refractivity contribution in [2.45, 2.75) is 11.4 Å². The number of benzene rings is 3. The highest BCUT2D eigenvalue weighted by molar-refractivity contribution is 7.90. The Bertz CT molecular complexity index is 1850. The smallest absolute Gasteiger partial charge is 0.286 e. The molecule has 2 N–H and O–H groups in total. The molecule has 0 spiro atoms. The van der Waals surface area contributed by atoms with E-state index in [0.717, 1.165) is 16.3 Å². The van der Waals surface area contributed by atoms with Crippen LogP contribution in [-0.4, -0.2) is 28.9 Å². The minimum Gasteiger partial charge on any atom is -0.506 e. The molecule has 9 heteroatoms. The molecule has 3 aromatic carbocycles. The molecule has 0 saturated carbocycles. The predicted octanol–water partition coefficient (Wildman–Crippen LogP) is 3.86. The predicted molar refractivity (Wildman–Crippen MR) is 135 cm³/mol. The molecule has 172 valence electrons. The van der Waals surface area contributed by atoms with Crippen molar-refractivity contribution in [3.05, 3.63) is 107 Å². The van der Waals surface area contributed by atoms with E-state index in [9.17, 15) is 18.3 Å². The molecule has 0 atom stereocenters. The molecule has 0 bridgehead atoms. The van der Waals surface area contributed by atoms with E-state index in [1.165, 1.54) is 16.8 Å². The maximum absolute atomic E-state index is 13.8. The molecule has 5 aromatic rings. The van der Waals surface area contributed by atoms with Crippen molar-refractivity contribution in [1.82, 2.24) is 9.55 Å². The summed E-state index contributed by atoms with van der Waals surface area (Å²) in [5.74, 6) is -0.614. The van der Waals surface area contributed by atoms with Crippen LogP contribution in [-0.2, 0) is 16.6 Å². The second-order valence-corrected chi connectivity index (χ2v) is 9.74. The molecular formula is C26H18N4O4S. The largest absolute Gasteiger partial charge is 0.506 e. The lowest BCUT2D eigenvalue weighted by atomic mass is 10.0. The van der Waals surface area contributed by atoms with Crippen molar-refractivity contribution in [3.63, 3.8) is 0 Å². The summed E-state index contributed by atoms with van der Waals surface area (Å²) >= 11 is 0. The lowest BCUT2D eigenvalue weighted by Gasteiger charge is -2.20. The van der Waals surface area contributed by atoms with Gasteiger partial charge >= 0.3 is 0 Å². The number of nitrogens with zero attached hydrogens (tertiary/aromatic N) is 3. The van der Waals surface area contributed by atoms with Gasteiger partial charge in [-0.25, -0.2) is 4.98 Å². The first-order valence-electron chi connectivity index (χ1n) is 10.8. The minimum absolute atomic E-state index is 0.00164. The van der Waals surface area contributed by atoms with Gasteiger partial charge in [0.2, 0.25) is 0 Å². The summed E-state index contributed by atoms with van der Waals surface area (Å²) in [7, 11) is -4.08. The number of fused-ring (bicyclic) bond motifs is 3. The lowest BCUT2D eigenvalue weighted by Crippen LogP contribution is -2.33. The van der Waals surface area contributed by atoms with Gasteiger partial charge in [0.15, 0.2) is 5.84 Å². The van der Waals surface area contributed by atoms with Crippen LogP contribution in [0.1, 0.15) is 11.1 Å². The molecule has 0 saturated heterocycles. The number of rotatable bonds is 3. The van der Waals surface area contributed by atoms with Crippen LogP contribution in [0.2, 0.25) is 0 Å². The highest BCUT2D eigenvalue weighted by atomic mass is 32.2. The summed E-state index contributed by atoms with van der Waals surface area (Å²) in [6, 6.07) is 23.2. The third-order valence-electron chi connectivity index (χ3n) is 6.07. The number of aromatic hydroxyl groups is 1. The summed E-state index contributed by atoms with van der Waals surface area (Å²) in [5.41, 5.74) is 0.603. The van der Waals surface area contributed by atoms with E-state index in [1.807, 2.05) is 42.5 Å². The third kappa shape index (κ3) is 3.36. The number of hydrogen-bond acceptors (Lipinski definition) is 6. The molecule has 2 aromatic heterocycles. The Morgan fingerprint density at radius 2 is 1.63 bits per heavy atom. The zero-order valence-corrected chi connectivity index (χ0v) is 19.0. The van der Waals surface area contributed by atoms with Crippen molar-refractivity contribution in [1.29, 1.82) is 0 Å². The number of pyridine rings is 2. The Hall–Kier alpha value is -4.50. The number of anilines is 1. The molecule has 0 unspecified atom stereocenters. The van der Waals surface area contributed by atoms with Crippen LogP contribution in [0, 0.1) is 0 Å². The molecule has 0 radical (unpaired) electrons. The molecule has 8 nitrogen and oxygen atoms in total. The van der Waals surface area contributed by atoms with Crippen LogP contribution >= 0.6 is 0 Å². The Morgan fingerprint density at radius 1 is 0.886 bits per heavy atom. The van der Waals surface area contributed by atoms with E-state index < -0.39 is 15.6 Å². The van der Waals surface area contributed by atoms with Crippen molar-refractivity contribution >= 4 is 43.4 Å². The zero-order valence-electron chi connectivity index (χ0n) is 18.2. The summed E-state index contributed by atoms with van der Waals surface area (Å²) in [6.45, 7) is 0.164. The van der Waals surface area contributed by atoms with E-state index >= 15 is 0 Å². The number of amidine groups is 1. The third-order valence-corrected chi connectivity index (χ3v) is 7.40. The van der Waals surface area contributed by atoms with Crippen LogP contribution in [0.5, 0.6) is 5.75 Å². The number of aromatic nitrogens is 2. The van der Waals surface area contributed by atoms with Gasteiger partial charge in [-0.2, -0.15) is 8.42 Å². The SMILES string of the molecule is O=c1c(C2=NS(=O)(=O)c3ccccc3N2)c(O)c2cccnc2n1Cc1cccc2ccccc12. The molecule has 0 fully saturated rings. The van der Waals surface area contributed by atoms with Gasteiger partial charge in [0, 0.05) is 6.20 Å². The normalized spacial score (nSPS) is 14.3. The van der Waals surface area contributed by atoms with Crippen LogP contribution in [0.15, 0.2) is 99.1 Å². The van der Waals surface area contributed by atoms with Crippen molar-refractivity contribution in [3.8, 4) is 5.75 Å². The first-order chi connectivity index (χ1) is 16.9. The van der Waals surface area contributed by atoms with Crippen LogP contribution in [0.4, 0.5) is 5.69 Å². The lowest BCUT2D eigenvalue weighted by molar-refractivity contribution is 0.477. The van der Waals surface area contributed by atoms with Crippen LogP contribution < -0.4 is 10.9 Å². The summed E-state index contributed by atoms with van der Waals surface area (Å²) in [6.07, 6.45) is 1.54. The molecular weight excluding hydrogens is 464 g/mol. The topological polar surface area (TPSA) is 114 Å². The van der Waals surface area contributed by atoms with E-state index in [2.05, 4.69) is 14.7 Å². The van der Waals surface area contributed by atoms with Gasteiger partial charge in [0.05, 0.1) is 17.6 Å². The number of sulfonamides is 1. The van der Waals surface area contributed by atoms with E-state index in [-0.39, 0.29) is 39.9 Å². The zero-order chi connectivity index (χ0) is 24.2. The fraction of sp³-hybridized carbons (Fsp3) is 0.0385. The average Bonchev–Trinajstić information content (AvgIpc) is 2.86. The maximum atomic E-state index is 13.8. The highest BCUT2D eigenvalue weighted by Crippen LogP contribution is 2.32. The highest BCUT2D eigenvalue weighted by Gasteiger charge is 2.30. The molecule has 3 heterocycles. The van der Waals surface area contributed by atoms with Gasteiger partial charge in [0.25, 0.3) is 15.6 Å². The quantitative estimate of drug-likeness (QED) is 0.404. The Morgan fingerprint density at radius 3 is 2.51 bits per heavy atom. The number of hydrogen-bond donors (Lipinski definition) is 2. The number of nitrogens with one attached hydrogen (secondary N) is 1. The van der Waals surface area contributed by atoms with Crippen molar-refractivity contribution in [2.24, 2.45) is 4.40 Å². The second-order valence-electron chi connectivity index (χ2n) is 8.16. The molecule has 0 aliphatic carbocycles. The monoisotopic (exact) mass is 482 g/mol. The van der Waals surface area contributed by atoms with Gasteiger partial charge in [0.1, 0.15) is 21.9 Å². The fourth-order valence-electron chi connectivity index (χ4n) is 4.45. The van der Waals surface area contributed by atoms with E-state index in [4.69, 9.17) is 0 Å². The molecule has 1 aliphatic rings. The minimum atomic E-state index is -4.08. The van der Waals surface area contributed by atoms with Crippen LogP contribution in [0.25, 0.3) is 21.8 Å². The number of para-hydroxylation sites is 1. The second kappa shape index (κ2) is 7.78. The van der Waals surface area contributed by atoms with Crippen molar-refractivity contribution < 1.29 is 13.5 Å². The van der Waals surface area contributed by atoms with Crippen LogP contribution in [0.3, 0.4) is 0 Å². The standard InChI is InChI=1S/C26H18N4O4S/c31-23-19-11-6-14-27-25(19)30(15-17-9-5-8-16-7-1-2-10-18(16)17)26(32)22(23)24-28-20-12-3-4-13-21(20)35(33,34)29-24/h1-14,31H,15H2,(H,28,29). The summed E-state index contributed by atoms with van der Waals surface area (Å²) < 4.78 is 30.9. The first kappa shape index (κ1) is 21.1.